The topological polar surface area (TPSA) is 129 Å². The van der Waals surface area contributed by atoms with Crippen LogP contribution in [0.15, 0.2) is 37.7 Å². The zero-order valence-electron chi connectivity index (χ0n) is 28.3. The van der Waals surface area contributed by atoms with Crippen LogP contribution in [0.5, 0.6) is 0 Å². The summed E-state index contributed by atoms with van der Waals surface area (Å²) in [5, 5.41) is 13.4. The van der Waals surface area contributed by atoms with Crippen LogP contribution in [0.2, 0.25) is 0 Å². The van der Waals surface area contributed by atoms with Gasteiger partial charge in [-0.25, -0.2) is 19.9 Å². The molecule has 48 heavy (non-hydrogen) atoms. The van der Waals surface area contributed by atoms with Gasteiger partial charge in [0.1, 0.15) is 35.6 Å². The first kappa shape index (κ1) is 31.3. The van der Waals surface area contributed by atoms with E-state index in [-0.39, 0.29) is 18.0 Å². The molecule has 4 aliphatic rings. The van der Waals surface area contributed by atoms with Gasteiger partial charge in [0.2, 0.25) is 5.91 Å². The van der Waals surface area contributed by atoms with Crippen LogP contribution in [0.3, 0.4) is 0 Å². The minimum Gasteiger partial charge on any atom is -0.365 e. The molecule has 0 spiro atoms. The minimum atomic E-state index is -0.0314. The van der Waals surface area contributed by atoms with Crippen LogP contribution in [-0.4, -0.2) is 77.6 Å². The van der Waals surface area contributed by atoms with Crippen molar-refractivity contribution in [2.45, 2.75) is 127 Å². The molecule has 2 aliphatic carbocycles. The molecule has 2 saturated carbocycles. The number of hydrogen-bond donors (Lipinski definition) is 4. The Kier molecular flexibility index (Phi) is 8.79. The number of amides is 1. The molecule has 4 atom stereocenters. The summed E-state index contributed by atoms with van der Waals surface area (Å²) in [6, 6.07) is 1.01. The minimum absolute atomic E-state index is 0.0303. The van der Waals surface area contributed by atoms with Gasteiger partial charge in [-0.05, 0) is 87.3 Å². The maximum absolute atomic E-state index is 13.4. The monoisotopic (exact) mass is 650 g/mol. The zero-order chi connectivity index (χ0) is 32.6. The highest BCUT2D eigenvalue weighted by Gasteiger charge is 2.34. The second kappa shape index (κ2) is 13.5. The molecule has 4 N–H and O–H groups in total. The lowest BCUT2D eigenvalue weighted by Crippen LogP contribution is -2.51. The van der Waals surface area contributed by atoms with Crippen molar-refractivity contribution >= 4 is 39.6 Å². The third-order valence-corrected chi connectivity index (χ3v) is 11.7. The van der Waals surface area contributed by atoms with Gasteiger partial charge in [0.05, 0.1) is 16.8 Å². The normalized spacial score (nSPS) is 25.6. The van der Waals surface area contributed by atoms with E-state index in [1.54, 1.807) is 12.7 Å². The van der Waals surface area contributed by atoms with Crippen LogP contribution in [0.1, 0.15) is 107 Å². The largest absolute Gasteiger partial charge is 0.365 e. The summed E-state index contributed by atoms with van der Waals surface area (Å²) in [6.45, 7) is 8.35. The summed E-state index contributed by atoms with van der Waals surface area (Å²) in [5.74, 6) is 2.85. The van der Waals surface area contributed by atoms with Crippen molar-refractivity contribution in [3.8, 4) is 0 Å². The number of rotatable bonds is 9. The number of carbonyl (C=O) groups is 1. The first-order valence-corrected chi connectivity index (χ1v) is 18.4. The number of likely N-dealkylation sites (tertiary alicyclic amines) is 1. The molecule has 2 aliphatic heterocycles. The average Bonchev–Trinajstić information content (AvgIpc) is 3.94. The highest BCUT2D eigenvalue weighted by molar-refractivity contribution is 5.92. The number of H-pyrrole nitrogens is 1. The summed E-state index contributed by atoms with van der Waals surface area (Å²) >= 11 is 0. The van der Waals surface area contributed by atoms with Crippen molar-refractivity contribution in [2.24, 2.45) is 0 Å². The fourth-order valence-electron chi connectivity index (χ4n) is 9.06. The molecule has 4 aromatic rings. The molecular formula is C37H50N10O. The van der Waals surface area contributed by atoms with Gasteiger partial charge in [-0.2, -0.15) is 0 Å². The Bertz CT molecular complexity index is 1760. The molecule has 2 saturated heterocycles. The molecule has 0 aromatic carbocycles. The third kappa shape index (κ3) is 6.06. The first-order valence-electron chi connectivity index (χ1n) is 18.4. The summed E-state index contributed by atoms with van der Waals surface area (Å²) in [6.07, 6.45) is 23.2. The fraction of sp³-hybridized carbons (Fsp3) is 0.595. The Morgan fingerprint density at radius 1 is 0.875 bits per heavy atom. The van der Waals surface area contributed by atoms with E-state index < -0.39 is 0 Å². The number of anilines is 2. The van der Waals surface area contributed by atoms with E-state index in [9.17, 15) is 4.79 Å². The van der Waals surface area contributed by atoms with E-state index in [0.29, 0.717) is 37.0 Å². The van der Waals surface area contributed by atoms with Crippen molar-refractivity contribution in [2.75, 3.05) is 23.7 Å². The lowest BCUT2D eigenvalue weighted by atomic mass is 9.96. The fourth-order valence-corrected chi connectivity index (χ4v) is 9.06. The second-order valence-electron chi connectivity index (χ2n) is 14.8. The van der Waals surface area contributed by atoms with Gasteiger partial charge in [-0.1, -0.05) is 32.3 Å². The van der Waals surface area contributed by atoms with E-state index in [1.807, 2.05) is 4.90 Å². The van der Waals surface area contributed by atoms with Gasteiger partial charge in [0.25, 0.3) is 0 Å². The summed E-state index contributed by atoms with van der Waals surface area (Å²) in [5.41, 5.74) is 4.52. The van der Waals surface area contributed by atoms with Crippen molar-refractivity contribution in [1.29, 1.82) is 0 Å². The summed E-state index contributed by atoms with van der Waals surface area (Å²) in [7, 11) is 0. The third-order valence-electron chi connectivity index (χ3n) is 11.7. The first-order chi connectivity index (χ1) is 23.6. The Morgan fingerprint density at radius 2 is 1.56 bits per heavy atom. The average molecular weight is 651 g/mol. The molecule has 4 aromatic heterocycles. The van der Waals surface area contributed by atoms with Crippen molar-refractivity contribution < 1.29 is 4.79 Å². The molecule has 4 fully saturated rings. The van der Waals surface area contributed by atoms with Crippen LogP contribution in [0, 0.1) is 0 Å². The van der Waals surface area contributed by atoms with Crippen LogP contribution < -0.4 is 16.0 Å². The molecular weight excluding hydrogens is 600 g/mol. The highest BCUT2D eigenvalue weighted by atomic mass is 16.2. The number of hydrogen-bond acceptors (Lipinski definition) is 8. The number of nitrogens with one attached hydrogen (secondary N) is 4. The number of aromatic amines is 1. The molecule has 0 bridgehead atoms. The van der Waals surface area contributed by atoms with Gasteiger partial charge in [0.15, 0.2) is 0 Å². The van der Waals surface area contributed by atoms with E-state index in [0.717, 1.165) is 65.9 Å². The lowest BCUT2D eigenvalue weighted by molar-refractivity contribution is -0.130. The molecule has 11 nitrogen and oxygen atoms in total. The number of fused-ring (bicyclic) bond motifs is 2. The lowest BCUT2D eigenvalue weighted by Gasteiger charge is -2.40. The van der Waals surface area contributed by atoms with E-state index in [2.05, 4.69) is 56.4 Å². The Morgan fingerprint density at radius 3 is 2.29 bits per heavy atom. The van der Waals surface area contributed by atoms with Gasteiger partial charge >= 0.3 is 0 Å². The molecule has 6 heterocycles. The Balaban J connectivity index is 1.05. The predicted molar refractivity (Wildman–Crippen MR) is 190 cm³/mol. The van der Waals surface area contributed by atoms with E-state index in [4.69, 9.17) is 15.0 Å². The van der Waals surface area contributed by atoms with Gasteiger partial charge < -0.3 is 30.4 Å². The van der Waals surface area contributed by atoms with Crippen LogP contribution in [0.4, 0.5) is 11.6 Å². The van der Waals surface area contributed by atoms with Crippen molar-refractivity contribution in [3.05, 3.63) is 48.8 Å². The van der Waals surface area contributed by atoms with Crippen LogP contribution >= 0.6 is 0 Å². The summed E-state index contributed by atoms with van der Waals surface area (Å²) < 4.78 is 2.31. The smallest absolute Gasteiger partial charge is 0.246 e. The molecule has 11 heteroatoms. The molecule has 0 radical (unpaired) electrons. The van der Waals surface area contributed by atoms with E-state index >= 15 is 0 Å². The Hall–Kier alpha value is -3.99. The summed E-state index contributed by atoms with van der Waals surface area (Å²) in [4.78, 5) is 37.8. The van der Waals surface area contributed by atoms with Crippen LogP contribution in [-0.2, 0) is 11.3 Å². The second-order valence-corrected chi connectivity index (χ2v) is 14.8. The van der Waals surface area contributed by atoms with Gasteiger partial charge in [-0.3, -0.25) is 4.79 Å². The molecule has 0 unspecified atom stereocenters. The van der Waals surface area contributed by atoms with E-state index in [1.165, 1.54) is 68.6 Å². The molecule has 1 amide bonds. The quantitative estimate of drug-likeness (QED) is 0.157. The molecule has 8 rings (SSSR count). The standard InChI is InChI=1S/C37H50N10O/c1-3-31(48)47-18-27(45-35-32-29(24-8-4-5-9-24)17-39-34(32)40-21-41-35)14-15-28(47)19-46-20-30(25-10-6-7-11-25)33-36(42-22-43-37(33)46)44-26-13-12-23(2)38-16-26/h3,17,20-28,38H,1,4-16,18-19H2,2H3,(H,42,43,44)(H2,39,40,41,45)/t23-,26+,27+,28+/m0/s1. The number of nitrogens with zero attached hydrogens (tertiary/aromatic N) is 6. The van der Waals surface area contributed by atoms with Gasteiger partial charge in [-0.15, -0.1) is 0 Å². The van der Waals surface area contributed by atoms with Crippen LogP contribution in [0.25, 0.3) is 22.1 Å². The Labute approximate surface area is 282 Å². The van der Waals surface area contributed by atoms with Crippen molar-refractivity contribution in [3.63, 3.8) is 0 Å². The maximum Gasteiger partial charge on any atom is 0.246 e. The zero-order valence-corrected chi connectivity index (χ0v) is 28.3. The predicted octanol–water partition coefficient (Wildman–Crippen LogP) is 6.23. The van der Waals surface area contributed by atoms with Crippen molar-refractivity contribution in [1.82, 2.24) is 39.7 Å². The van der Waals surface area contributed by atoms with Gasteiger partial charge in [0, 0.05) is 50.2 Å². The number of piperidine rings is 2. The number of carbonyl (C=O) groups excluding carboxylic acids is 1. The SMILES string of the molecule is C=CC(=O)N1C[C@H](Nc2ncnc3[nH]cc(C4CCCC4)c23)CC[C@@H]1Cn1cc(C2CCCC2)c2c(N[C@@H]3CC[C@H](C)NC3)ncnc21. The molecule has 254 valence electrons. The highest BCUT2D eigenvalue weighted by Crippen LogP contribution is 2.42. The number of aromatic nitrogens is 6. The maximum atomic E-state index is 13.4.